The van der Waals surface area contributed by atoms with Crippen molar-refractivity contribution in [1.29, 1.82) is 0 Å². The van der Waals surface area contributed by atoms with Crippen LogP contribution in [0.15, 0.2) is 63.1 Å². The zero-order chi connectivity index (χ0) is 23.5. The number of sulfone groups is 1. The molecule has 1 heterocycles. The Kier molecular flexibility index (Phi) is 7.19. The standard InChI is InChI=1S/C22H26N2O6S2/c1-16-6-4-7-17-14-18(22(25)23-21(16)17)15-24(12-5-13-30-2)32(28,29)20-10-8-19(9-11-20)31(3,26)27/h4,6-11,14H,5,12-13,15H2,1-3H3,(H,23,25). The molecule has 0 aliphatic heterocycles. The van der Waals surface area contributed by atoms with Gasteiger partial charge in [-0.1, -0.05) is 18.2 Å². The average Bonchev–Trinajstić information content (AvgIpc) is 2.73. The van der Waals surface area contributed by atoms with Gasteiger partial charge in [-0.05, 0) is 54.6 Å². The molecule has 8 nitrogen and oxygen atoms in total. The van der Waals surface area contributed by atoms with Crippen molar-refractivity contribution in [2.24, 2.45) is 0 Å². The van der Waals surface area contributed by atoms with Crippen molar-refractivity contribution in [3.63, 3.8) is 0 Å². The molecule has 32 heavy (non-hydrogen) atoms. The zero-order valence-electron chi connectivity index (χ0n) is 18.2. The fourth-order valence-electron chi connectivity index (χ4n) is 3.41. The second kappa shape index (κ2) is 9.53. The Balaban J connectivity index is 2.00. The van der Waals surface area contributed by atoms with Crippen LogP contribution in [0.3, 0.4) is 0 Å². The van der Waals surface area contributed by atoms with Crippen molar-refractivity contribution in [2.45, 2.75) is 29.7 Å². The highest BCUT2D eigenvalue weighted by Crippen LogP contribution is 2.22. The molecule has 0 atom stereocenters. The molecule has 0 aliphatic carbocycles. The molecule has 0 amide bonds. The normalized spacial score (nSPS) is 12.5. The molecule has 0 aliphatic rings. The van der Waals surface area contributed by atoms with Gasteiger partial charge in [-0.2, -0.15) is 4.31 Å². The molecule has 1 aromatic heterocycles. The highest BCUT2D eigenvalue weighted by Gasteiger charge is 2.26. The van der Waals surface area contributed by atoms with Crippen LogP contribution in [0.5, 0.6) is 0 Å². The molecule has 0 saturated heterocycles. The summed E-state index contributed by atoms with van der Waals surface area (Å²) in [7, 11) is -5.91. The van der Waals surface area contributed by atoms with Gasteiger partial charge < -0.3 is 9.72 Å². The van der Waals surface area contributed by atoms with E-state index in [0.717, 1.165) is 17.2 Å². The maximum absolute atomic E-state index is 13.3. The average molecular weight is 479 g/mol. The topological polar surface area (TPSA) is 114 Å². The SMILES string of the molecule is COCCCN(Cc1cc2cccc(C)c2[nH]c1=O)S(=O)(=O)c1ccc(S(C)(=O)=O)cc1. The number of nitrogens with one attached hydrogen (secondary N) is 1. The predicted molar refractivity (Wildman–Crippen MR) is 123 cm³/mol. The van der Waals surface area contributed by atoms with Crippen LogP contribution in [0, 0.1) is 6.92 Å². The summed E-state index contributed by atoms with van der Waals surface area (Å²) < 4.78 is 56.4. The fourth-order valence-corrected chi connectivity index (χ4v) is 5.50. The number of pyridine rings is 1. The first kappa shape index (κ1) is 24.1. The Morgan fingerprint density at radius 1 is 1.00 bits per heavy atom. The number of H-pyrrole nitrogens is 1. The van der Waals surface area contributed by atoms with Gasteiger partial charge >= 0.3 is 0 Å². The minimum absolute atomic E-state index is 0.0312. The fraction of sp³-hybridized carbons (Fsp3) is 0.318. The minimum Gasteiger partial charge on any atom is -0.385 e. The number of fused-ring (bicyclic) bond motifs is 1. The Labute approximate surface area is 187 Å². The van der Waals surface area contributed by atoms with Crippen LogP contribution < -0.4 is 5.56 Å². The molecule has 0 fully saturated rings. The number of rotatable bonds is 9. The molecule has 0 saturated carbocycles. The molecule has 0 spiro atoms. The van der Waals surface area contributed by atoms with E-state index in [4.69, 9.17) is 4.74 Å². The summed E-state index contributed by atoms with van der Waals surface area (Å²) in [6.45, 7) is 2.25. The smallest absolute Gasteiger partial charge is 0.252 e. The Bertz CT molecular complexity index is 1380. The number of aromatic nitrogens is 1. The van der Waals surface area contributed by atoms with Gasteiger partial charge in [0.15, 0.2) is 9.84 Å². The second-order valence-corrected chi connectivity index (χ2v) is 11.5. The molecule has 10 heteroatoms. The monoisotopic (exact) mass is 478 g/mol. The van der Waals surface area contributed by atoms with Gasteiger partial charge in [-0.3, -0.25) is 4.79 Å². The lowest BCUT2D eigenvalue weighted by Gasteiger charge is -2.22. The van der Waals surface area contributed by atoms with Crippen molar-refractivity contribution < 1.29 is 21.6 Å². The molecule has 0 radical (unpaired) electrons. The van der Waals surface area contributed by atoms with Crippen molar-refractivity contribution in [3.8, 4) is 0 Å². The van der Waals surface area contributed by atoms with E-state index in [-0.39, 0.29) is 28.4 Å². The first-order chi connectivity index (χ1) is 15.0. The number of ether oxygens (including phenoxy) is 1. The molecule has 172 valence electrons. The molecule has 1 N–H and O–H groups in total. The van der Waals surface area contributed by atoms with E-state index in [1.807, 2.05) is 25.1 Å². The first-order valence-corrected chi connectivity index (χ1v) is 13.3. The summed E-state index contributed by atoms with van der Waals surface area (Å²) in [6, 6.07) is 12.4. The highest BCUT2D eigenvalue weighted by molar-refractivity contribution is 7.90. The van der Waals surface area contributed by atoms with Crippen molar-refractivity contribution in [1.82, 2.24) is 9.29 Å². The quantitative estimate of drug-likeness (QED) is 0.473. The number of aromatic amines is 1. The third-order valence-electron chi connectivity index (χ3n) is 5.16. The number of benzene rings is 2. The van der Waals surface area contributed by atoms with E-state index >= 15 is 0 Å². The predicted octanol–water partition coefficient (Wildman–Crippen LogP) is 2.47. The van der Waals surface area contributed by atoms with Crippen LogP contribution in [0.2, 0.25) is 0 Å². The van der Waals surface area contributed by atoms with Crippen molar-refractivity contribution in [3.05, 3.63) is 70.0 Å². The van der Waals surface area contributed by atoms with Gasteiger partial charge in [0.2, 0.25) is 10.0 Å². The summed E-state index contributed by atoms with van der Waals surface area (Å²) in [5.74, 6) is 0. The number of nitrogens with zero attached hydrogens (tertiary/aromatic N) is 1. The van der Waals surface area contributed by atoms with Crippen LogP contribution in [-0.4, -0.2) is 52.6 Å². The summed E-state index contributed by atoms with van der Waals surface area (Å²) >= 11 is 0. The van der Waals surface area contributed by atoms with Crippen LogP contribution in [0.25, 0.3) is 10.9 Å². The van der Waals surface area contributed by atoms with Crippen molar-refractivity contribution in [2.75, 3.05) is 26.5 Å². The van der Waals surface area contributed by atoms with E-state index < -0.39 is 19.9 Å². The van der Waals surface area contributed by atoms with Crippen LogP contribution in [-0.2, 0) is 31.1 Å². The Hall–Kier alpha value is -2.53. The molecule has 0 unspecified atom stereocenters. The highest BCUT2D eigenvalue weighted by atomic mass is 32.2. The molecular weight excluding hydrogens is 452 g/mol. The molecule has 3 aromatic rings. The van der Waals surface area contributed by atoms with Gasteiger partial charge in [0.25, 0.3) is 5.56 Å². The lowest BCUT2D eigenvalue weighted by atomic mass is 10.1. The van der Waals surface area contributed by atoms with Crippen LogP contribution in [0.1, 0.15) is 17.5 Å². The van der Waals surface area contributed by atoms with Gasteiger partial charge in [-0.25, -0.2) is 16.8 Å². The van der Waals surface area contributed by atoms with E-state index in [9.17, 15) is 21.6 Å². The van der Waals surface area contributed by atoms with Crippen molar-refractivity contribution >= 4 is 30.8 Å². The second-order valence-electron chi connectivity index (χ2n) is 7.59. The third kappa shape index (κ3) is 5.26. The number of hydrogen-bond donors (Lipinski definition) is 1. The first-order valence-electron chi connectivity index (χ1n) is 9.95. The number of sulfonamides is 1. The Morgan fingerprint density at radius 2 is 1.66 bits per heavy atom. The lowest BCUT2D eigenvalue weighted by molar-refractivity contribution is 0.186. The molecule has 3 rings (SSSR count). The molecule has 0 bridgehead atoms. The van der Waals surface area contributed by atoms with Crippen LogP contribution in [0.4, 0.5) is 0 Å². The maximum Gasteiger partial charge on any atom is 0.252 e. The van der Waals surface area contributed by atoms with E-state index in [2.05, 4.69) is 4.98 Å². The third-order valence-corrected chi connectivity index (χ3v) is 8.15. The van der Waals surface area contributed by atoms with E-state index in [0.29, 0.717) is 24.1 Å². The number of aryl methyl sites for hydroxylation is 1. The van der Waals surface area contributed by atoms with Gasteiger partial charge in [-0.15, -0.1) is 0 Å². The summed E-state index contributed by atoms with van der Waals surface area (Å²) in [6.07, 6.45) is 1.49. The van der Waals surface area contributed by atoms with Gasteiger partial charge in [0.05, 0.1) is 15.3 Å². The van der Waals surface area contributed by atoms with Gasteiger partial charge in [0, 0.05) is 38.6 Å². The summed E-state index contributed by atoms with van der Waals surface area (Å²) in [4.78, 5) is 15.5. The number of methoxy groups -OCH3 is 1. The van der Waals surface area contributed by atoms with E-state index in [1.165, 1.54) is 35.7 Å². The molecule has 2 aromatic carbocycles. The number of hydrogen-bond acceptors (Lipinski definition) is 6. The molecular formula is C22H26N2O6S2. The largest absolute Gasteiger partial charge is 0.385 e. The van der Waals surface area contributed by atoms with Gasteiger partial charge in [0.1, 0.15) is 0 Å². The number of para-hydroxylation sites is 1. The Morgan fingerprint density at radius 3 is 2.28 bits per heavy atom. The van der Waals surface area contributed by atoms with E-state index in [1.54, 1.807) is 6.07 Å². The summed E-state index contributed by atoms with van der Waals surface area (Å²) in [5, 5.41) is 0.811. The zero-order valence-corrected chi connectivity index (χ0v) is 19.8. The lowest BCUT2D eigenvalue weighted by Crippen LogP contribution is -2.34. The minimum atomic E-state index is -3.99. The van der Waals surface area contributed by atoms with Crippen LogP contribution >= 0.6 is 0 Å². The maximum atomic E-state index is 13.3. The summed E-state index contributed by atoms with van der Waals surface area (Å²) in [5.41, 5.74) is 1.59.